The lowest BCUT2D eigenvalue weighted by molar-refractivity contribution is -0.140. The SMILES string of the molecule is COCCN1C(=O)C(=O)/C(=C(/O)c2ccc(OC(C)C)c(C)c2)C1c1cccc(OCC(C)C)c1. The molecule has 0 aromatic heterocycles. The molecule has 1 unspecified atom stereocenters. The monoisotopic (exact) mass is 481 g/mol. The first-order valence-corrected chi connectivity index (χ1v) is 11.9. The van der Waals surface area contributed by atoms with Crippen molar-refractivity contribution in [1.82, 2.24) is 4.90 Å². The van der Waals surface area contributed by atoms with Crippen LogP contribution < -0.4 is 9.47 Å². The number of aliphatic hydroxyl groups excluding tert-OH is 1. The lowest BCUT2D eigenvalue weighted by Gasteiger charge is -2.25. The average molecular weight is 482 g/mol. The summed E-state index contributed by atoms with van der Waals surface area (Å²) in [5.41, 5.74) is 1.99. The number of methoxy groups -OCH3 is 1. The van der Waals surface area contributed by atoms with E-state index in [1.165, 1.54) is 12.0 Å². The largest absolute Gasteiger partial charge is 0.507 e. The molecular weight excluding hydrogens is 446 g/mol. The Morgan fingerprint density at radius 2 is 1.83 bits per heavy atom. The summed E-state index contributed by atoms with van der Waals surface area (Å²) in [6.45, 7) is 10.9. The predicted octanol–water partition coefficient (Wildman–Crippen LogP) is 4.89. The van der Waals surface area contributed by atoms with Crippen molar-refractivity contribution >= 4 is 17.4 Å². The topological polar surface area (TPSA) is 85.3 Å². The lowest BCUT2D eigenvalue weighted by Crippen LogP contribution is -2.32. The van der Waals surface area contributed by atoms with Crippen molar-refractivity contribution in [3.05, 3.63) is 64.7 Å². The van der Waals surface area contributed by atoms with Crippen LogP contribution in [-0.2, 0) is 14.3 Å². The number of amides is 1. The summed E-state index contributed by atoms with van der Waals surface area (Å²) in [6.07, 6.45) is 0.00412. The molecule has 1 fully saturated rings. The van der Waals surface area contributed by atoms with Gasteiger partial charge in [-0.3, -0.25) is 9.59 Å². The minimum atomic E-state index is -0.764. The highest BCUT2D eigenvalue weighted by Gasteiger charge is 2.46. The number of Topliss-reactive ketones (excluding diaryl/α,β-unsaturated/α-hetero) is 1. The fourth-order valence-electron chi connectivity index (χ4n) is 4.02. The molecule has 1 heterocycles. The van der Waals surface area contributed by atoms with Gasteiger partial charge in [0.05, 0.1) is 30.9 Å². The first-order valence-electron chi connectivity index (χ1n) is 11.9. The molecule has 1 aliphatic rings. The molecule has 2 aromatic rings. The van der Waals surface area contributed by atoms with E-state index >= 15 is 0 Å². The molecule has 0 saturated carbocycles. The minimum Gasteiger partial charge on any atom is -0.507 e. The van der Waals surface area contributed by atoms with Crippen LogP contribution in [0.1, 0.15) is 50.4 Å². The third kappa shape index (κ3) is 6.03. The van der Waals surface area contributed by atoms with Crippen molar-refractivity contribution in [3.8, 4) is 11.5 Å². The van der Waals surface area contributed by atoms with E-state index < -0.39 is 17.7 Å². The zero-order valence-corrected chi connectivity index (χ0v) is 21.3. The summed E-state index contributed by atoms with van der Waals surface area (Å²) in [4.78, 5) is 27.6. The number of aryl methyl sites for hydroxylation is 1. The first-order chi connectivity index (χ1) is 16.6. The Morgan fingerprint density at radius 3 is 2.46 bits per heavy atom. The molecule has 0 bridgehead atoms. The maximum absolute atomic E-state index is 13.2. The highest BCUT2D eigenvalue weighted by Crippen LogP contribution is 2.40. The number of ether oxygens (including phenoxy) is 3. The van der Waals surface area contributed by atoms with Gasteiger partial charge in [0.25, 0.3) is 11.7 Å². The van der Waals surface area contributed by atoms with E-state index in [1.807, 2.05) is 45.0 Å². The number of ketones is 1. The van der Waals surface area contributed by atoms with E-state index in [0.29, 0.717) is 35.2 Å². The van der Waals surface area contributed by atoms with Crippen LogP contribution in [-0.4, -0.2) is 54.7 Å². The fraction of sp³-hybridized carbons (Fsp3) is 0.429. The van der Waals surface area contributed by atoms with E-state index in [2.05, 4.69) is 13.8 Å². The van der Waals surface area contributed by atoms with Gasteiger partial charge in [0.15, 0.2) is 0 Å². The predicted molar refractivity (Wildman–Crippen MR) is 135 cm³/mol. The quantitative estimate of drug-likeness (QED) is 0.296. The van der Waals surface area contributed by atoms with E-state index in [4.69, 9.17) is 14.2 Å². The third-order valence-electron chi connectivity index (χ3n) is 5.64. The molecule has 1 aliphatic heterocycles. The van der Waals surface area contributed by atoms with Crippen molar-refractivity contribution in [2.75, 3.05) is 26.9 Å². The summed E-state index contributed by atoms with van der Waals surface area (Å²) in [5, 5.41) is 11.3. The number of aliphatic hydroxyl groups is 1. The van der Waals surface area contributed by atoms with Crippen molar-refractivity contribution in [3.63, 3.8) is 0 Å². The van der Waals surface area contributed by atoms with Gasteiger partial charge in [-0.15, -0.1) is 0 Å². The van der Waals surface area contributed by atoms with Gasteiger partial charge >= 0.3 is 0 Å². The van der Waals surface area contributed by atoms with Gasteiger partial charge in [0.2, 0.25) is 0 Å². The number of hydrogen-bond donors (Lipinski definition) is 1. The Bertz CT molecular complexity index is 1100. The van der Waals surface area contributed by atoms with Crippen LogP contribution >= 0.6 is 0 Å². The number of rotatable bonds is 10. The van der Waals surface area contributed by atoms with Gasteiger partial charge in [-0.1, -0.05) is 26.0 Å². The number of hydrogen-bond acceptors (Lipinski definition) is 6. The summed E-state index contributed by atoms with van der Waals surface area (Å²) >= 11 is 0. The van der Waals surface area contributed by atoms with Gasteiger partial charge in [0.1, 0.15) is 17.3 Å². The second-order valence-electron chi connectivity index (χ2n) is 9.41. The highest BCUT2D eigenvalue weighted by atomic mass is 16.5. The van der Waals surface area contributed by atoms with Crippen molar-refractivity contribution in [1.29, 1.82) is 0 Å². The Kier molecular flexibility index (Phi) is 8.57. The van der Waals surface area contributed by atoms with Crippen molar-refractivity contribution < 1.29 is 28.9 Å². The maximum atomic E-state index is 13.2. The van der Waals surface area contributed by atoms with Crippen molar-refractivity contribution in [2.45, 2.75) is 46.8 Å². The van der Waals surface area contributed by atoms with Gasteiger partial charge < -0.3 is 24.2 Å². The highest BCUT2D eigenvalue weighted by molar-refractivity contribution is 6.46. The second-order valence-corrected chi connectivity index (χ2v) is 9.41. The Labute approximate surface area is 207 Å². The molecule has 1 atom stereocenters. The molecule has 0 aliphatic carbocycles. The van der Waals surface area contributed by atoms with Crippen molar-refractivity contribution in [2.24, 2.45) is 5.92 Å². The van der Waals surface area contributed by atoms with E-state index in [0.717, 1.165) is 5.56 Å². The normalized spacial score (nSPS) is 17.5. The molecular formula is C28H35NO6. The third-order valence-corrected chi connectivity index (χ3v) is 5.64. The lowest BCUT2D eigenvalue weighted by atomic mass is 9.94. The number of nitrogens with zero attached hydrogens (tertiary/aromatic N) is 1. The second kappa shape index (κ2) is 11.4. The van der Waals surface area contributed by atoms with Crippen LogP contribution in [0.2, 0.25) is 0 Å². The Hall–Kier alpha value is -3.32. The summed E-state index contributed by atoms with van der Waals surface area (Å²) in [5.74, 6) is 0.0666. The average Bonchev–Trinajstić information content (AvgIpc) is 3.07. The van der Waals surface area contributed by atoms with Crippen LogP contribution in [0.4, 0.5) is 0 Å². The summed E-state index contributed by atoms with van der Waals surface area (Å²) in [6, 6.07) is 11.8. The van der Waals surface area contributed by atoms with Crippen LogP contribution in [0.25, 0.3) is 5.76 Å². The van der Waals surface area contributed by atoms with Gasteiger partial charge in [0, 0.05) is 19.2 Å². The molecule has 1 N–H and O–H groups in total. The molecule has 2 aromatic carbocycles. The van der Waals surface area contributed by atoms with Gasteiger partial charge in [-0.2, -0.15) is 0 Å². The van der Waals surface area contributed by atoms with Crippen LogP contribution in [0.15, 0.2) is 48.0 Å². The zero-order chi connectivity index (χ0) is 25.7. The zero-order valence-electron chi connectivity index (χ0n) is 21.3. The number of carbonyl (C=O) groups excluding carboxylic acids is 2. The Morgan fingerprint density at radius 1 is 1.09 bits per heavy atom. The van der Waals surface area contributed by atoms with E-state index in [1.54, 1.807) is 18.2 Å². The molecule has 1 saturated heterocycles. The van der Waals surface area contributed by atoms with Crippen LogP contribution in [0.3, 0.4) is 0 Å². The van der Waals surface area contributed by atoms with Crippen LogP contribution in [0.5, 0.6) is 11.5 Å². The first kappa shape index (κ1) is 26.3. The standard InChI is InChI=1S/C28H35NO6/c1-17(2)16-34-22-9-7-8-20(15-22)25-24(27(31)28(32)29(25)12-13-33-6)26(30)21-10-11-23(19(5)14-21)35-18(3)4/h7-11,14-15,17-18,25,30H,12-13,16H2,1-6H3/b26-24+. The molecule has 35 heavy (non-hydrogen) atoms. The molecule has 1 amide bonds. The smallest absolute Gasteiger partial charge is 0.295 e. The summed E-state index contributed by atoms with van der Waals surface area (Å²) < 4.78 is 16.8. The number of benzene rings is 2. The Balaban J connectivity index is 2.09. The molecule has 188 valence electrons. The molecule has 0 spiro atoms. The van der Waals surface area contributed by atoms with Crippen LogP contribution in [0, 0.1) is 12.8 Å². The molecule has 7 heteroatoms. The minimum absolute atomic E-state index is 0.00412. The van der Waals surface area contributed by atoms with Gasteiger partial charge in [-0.05, 0) is 68.1 Å². The summed E-state index contributed by atoms with van der Waals surface area (Å²) in [7, 11) is 1.54. The number of likely N-dealkylation sites (tertiary alicyclic amines) is 1. The number of carbonyl (C=O) groups is 2. The molecule has 3 rings (SSSR count). The van der Waals surface area contributed by atoms with E-state index in [9.17, 15) is 14.7 Å². The fourth-order valence-corrected chi connectivity index (χ4v) is 4.02. The molecule has 7 nitrogen and oxygen atoms in total. The molecule has 0 radical (unpaired) electrons. The van der Waals surface area contributed by atoms with Gasteiger partial charge in [-0.25, -0.2) is 0 Å². The maximum Gasteiger partial charge on any atom is 0.295 e. The van der Waals surface area contributed by atoms with E-state index in [-0.39, 0.29) is 30.6 Å².